The van der Waals surface area contributed by atoms with Crippen LogP contribution in [0.25, 0.3) is 0 Å². The molecule has 0 nitrogen and oxygen atoms in total. The second-order valence-corrected chi connectivity index (χ2v) is 6.10. The molecule has 0 radical (unpaired) electrons. The van der Waals surface area contributed by atoms with Crippen molar-refractivity contribution in [1.29, 1.82) is 0 Å². The van der Waals surface area contributed by atoms with Crippen LogP contribution >= 0.6 is 11.3 Å². The predicted octanol–water partition coefficient (Wildman–Crippen LogP) is 4.22. The van der Waals surface area contributed by atoms with Crippen molar-refractivity contribution >= 4 is 11.3 Å². The van der Waals surface area contributed by atoms with Crippen LogP contribution in [-0.4, -0.2) is 0 Å². The molecule has 0 aliphatic rings. The fourth-order valence-corrected chi connectivity index (χ4v) is 3.50. The van der Waals surface area contributed by atoms with Crippen LogP contribution in [0.5, 0.6) is 0 Å². The van der Waals surface area contributed by atoms with Gasteiger partial charge in [-0.15, -0.1) is 11.3 Å². The lowest BCUT2D eigenvalue weighted by Gasteiger charge is -2.21. The average Bonchev–Trinajstić information content (AvgIpc) is 2.23. The highest BCUT2D eigenvalue weighted by molar-refractivity contribution is 7.12. The van der Waals surface area contributed by atoms with Gasteiger partial charge in [-0.05, 0) is 36.8 Å². The number of rotatable bonds is 1. The van der Waals surface area contributed by atoms with Gasteiger partial charge in [0.1, 0.15) is 0 Å². The van der Waals surface area contributed by atoms with E-state index in [4.69, 9.17) is 0 Å². The molecule has 13 heavy (non-hydrogen) atoms. The molecule has 0 aliphatic heterocycles. The Morgan fingerprint density at radius 2 is 1.62 bits per heavy atom. The van der Waals surface area contributed by atoms with Crippen molar-refractivity contribution in [3.8, 4) is 0 Å². The summed E-state index contributed by atoms with van der Waals surface area (Å²) in [5.74, 6) is 0. The minimum atomic E-state index is 0.306. The third-order valence-electron chi connectivity index (χ3n) is 2.49. The van der Waals surface area contributed by atoms with E-state index >= 15 is 0 Å². The van der Waals surface area contributed by atoms with Gasteiger partial charge in [0.25, 0.3) is 0 Å². The third-order valence-corrected chi connectivity index (χ3v) is 3.55. The first-order valence-corrected chi connectivity index (χ1v) is 5.79. The van der Waals surface area contributed by atoms with E-state index in [2.05, 4.69) is 41.5 Å². The fraction of sp³-hybridized carbons (Fsp3) is 0.667. The summed E-state index contributed by atoms with van der Waals surface area (Å²) in [5, 5.41) is 0. The van der Waals surface area contributed by atoms with Crippen molar-refractivity contribution in [1.82, 2.24) is 0 Å². The highest BCUT2D eigenvalue weighted by Gasteiger charge is 2.22. The van der Waals surface area contributed by atoms with E-state index < -0.39 is 0 Å². The SMILES string of the molecule is CCc1c(C)sc(C)c1C(C)(C)C. The monoisotopic (exact) mass is 196 g/mol. The van der Waals surface area contributed by atoms with Crippen LogP contribution < -0.4 is 0 Å². The van der Waals surface area contributed by atoms with Gasteiger partial charge in [0.05, 0.1) is 0 Å². The molecular formula is C12H20S. The van der Waals surface area contributed by atoms with Gasteiger partial charge in [0.2, 0.25) is 0 Å². The van der Waals surface area contributed by atoms with E-state index in [1.165, 1.54) is 16.2 Å². The molecule has 74 valence electrons. The largest absolute Gasteiger partial charge is 0.145 e. The lowest BCUT2D eigenvalue weighted by molar-refractivity contribution is 0.582. The van der Waals surface area contributed by atoms with Gasteiger partial charge in [-0.2, -0.15) is 0 Å². The lowest BCUT2D eigenvalue weighted by atomic mass is 9.83. The number of aryl methyl sites for hydroxylation is 2. The summed E-state index contributed by atoms with van der Waals surface area (Å²) in [5.41, 5.74) is 3.47. The van der Waals surface area contributed by atoms with Gasteiger partial charge in [0, 0.05) is 9.75 Å². The Balaban J connectivity index is 3.34. The molecule has 1 heteroatoms. The first-order chi connectivity index (χ1) is 5.88. The average molecular weight is 196 g/mol. The smallest absolute Gasteiger partial charge is 0.00572 e. The summed E-state index contributed by atoms with van der Waals surface area (Å²) >= 11 is 1.95. The molecule has 0 saturated carbocycles. The maximum absolute atomic E-state index is 2.31. The van der Waals surface area contributed by atoms with Gasteiger partial charge in [0.15, 0.2) is 0 Å². The number of hydrogen-bond donors (Lipinski definition) is 0. The first-order valence-electron chi connectivity index (χ1n) is 4.97. The highest BCUT2D eigenvalue weighted by atomic mass is 32.1. The molecule has 0 atom stereocenters. The lowest BCUT2D eigenvalue weighted by Crippen LogP contribution is -2.13. The number of hydrogen-bond acceptors (Lipinski definition) is 1. The summed E-state index contributed by atoms with van der Waals surface area (Å²) in [7, 11) is 0. The van der Waals surface area contributed by atoms with Gasteiger partial charge >= 0.3 is 0 Å². The van der Waals surface area contributed by atoms with Crippen LogP contribution in [-0.2, 0) is 11.8 Å². The Morgan fingerprint density at radius 1 is 1.08 bits per heavy atom. The van der Waals surface area contributed by atoms with Crippen LogP contribution in [0.3, 0.4) is 0 Å². The zero-order valence-corrected chi connectivity index (χ0v) is 10.4. The second kappa shape index (κ2) is 3.45. The van der Waals surface area contributed by atoms with Crippen molar-refractivity contribution < 1.29 is 0 Å². The Labute approximate surface area is 86.0 Å². The van der Waals surface area contributed by atoms with E-state index in [9.17, 15) is 0 Å². The van der Waals surface area contributed by atoms with Crippen molar-refractivity contribution in [3.05, 3.63) is 20.9 Å². The maximum Gasteiger partial charge on any atom is 0.00572 e. The Kier molecular flexibility index (Phi) is 2.86. The molecular weight excluding hydrogens is 176 g/mol. The maximum atomic E-state index is 2.31. The summed E-state index contributed by atoms with van der Waals surface area (Å²) in [4.78, 5) is 3.01. The standard InChI is InChI=1S/C12H20S/c1-7-10-8(2)13-9(3)11(10)12(4,5)6/h7H2,1-6H3. The molecule has 0 saturated heterocycles. The predicted molar refractivity (Wildman–Crippen MR) is 61.9 cm³/mol. The van der Waals surface area contributed by atoms with Crippen LogP contribution in [0.15, 0.2) is 0 Å². The molecule has 0 spiro atoms. The molecule has 1 rings (SSSR count). The molecule has 1 aromatic heterocycles. The zero-order chi connectivity index (χ0) is 10.2. The normalized spacial score (nSPS) is 12.2. The molecule has 0 aliphatic carbocycles. The molecule has 0 N–H and O–H groups in total. The Hall–Kier alpha value is -0.300. The number of thiophene rings is 1. The Morgan fingerprint density at radius 3 is 1.92 bits per heavy atom. The minimum absolute atomic E-state index is 0.306. The van der Waals surface area contributed by atoms with E-state index in [0.29, 0.717) is 5.41 Å². The summed E-state index contributed by atoms with van der Waals surface area (Å²) < 4.78 is 0. The Bertz CT molecular complexity index is 300. The minimum Gasteiger partial charge on any atom is -0.145 e. The molecule has 0 amide bonds. The summed E-state index contributed by atoms with van der Waals surface area (Å²) in [6, 6.07) is 0. The molecule has 1 aromatic rings. The van der Waals surface area contributed by atoms with Crippen molar-refractivity contribution in [2.75, 3.05) is 0 Å². The summed E-state index contributed by atoms with van der Waals surface area (Å²) in [6.45, 7) is 13.7. The van der Waals surface area contributed by atoms with Crippen LogP contribution in [0.1, 0.15) is 48.6 Å². The van der Waals surface area contributed by atoms with E-state index in [-0.39, 0.29) is 0 Å². The van der Waals surface area contributed by atoms with Crippen molar-refractivity contribution in [2.45, 2.75) is 53.4 Å². The third kappa shape index (κ3) is 1.96. The topological polar surface area (TPSA) is 0 Å². The van der Waals surface area contributed by atoms with Gasteiger partial charge in [-0.1, -0.05) is 27.7 Å². The zero-order valence-electron chi connectivity index (χ0n) is 9.62. The van der Waals surface area contributed by atoms with Gasteiger partial charge < -0.3 is 0 Å². The van der Waals surface area contributed by atoms with Crippen LogP contribution in [0.2, 0.25) is 0 Å². The second-order valence-electron chi connectivity index (χ2n) is 4.67. The van der Waals surface area contributed by atoms with Crippen molar-refractivity contribution in [2.24, 2.45) is 0 Å². The van der Waals surface area contributed by atoms with Crippen LogP contribution in [0, 0.1) is 13.8 Å². The van der Waals surface area contributed by atoms with Gasteiger partial charge in [-0.25, -0.2) is 0 Å². The van der Waals surface area contributed by atoms with E-state index in [1.807, 2.05) is 11.3 Å². The van der Waals surface area contributed by atoms with E-state index in [1.54, 1.807) is 11.1 Å². The quantitative estimate of drug-likeness (QED) is 0.630. The molecule has 0 bridgehead atoms. The molecule has 1 heterocycles. The van der Waals surface area contributed by atoms with Gasteiger partial charge in [-0.3, -0.25) is 0 Å². The molecule has 0 fully saturated rings. The molecule has 0 aromatic carbocycles. The summed E-state index contributed by atoms with van der Waals surface area (Å²) in [6.07, 6.45) is 1.17. The van der Waals surface area contributed by atoms with Crippen LogP contribution in [0.4, 0.5) is 0 Å². The van der Waals surface area contributed by atoms with E-state index in [0.717, 1.165) is 0 Å². The fourth-order valence-electron chi connectivity index (χ4n) is 2.14. The highest BCUT2D eigenvalue weighted by Crippen LogP contribution is 2.36. The first kappa shape index (κ1) is 10.8. The molecule has 0 unspecified atom stereocenters. The van der Waals surface area contributed by atoms with Crippen molar-refractivity contribution in [3.63, 3.8) is 0 Å².